The first kappa shape index (κ1) is 15.1. The van der Waals surface area contributed by atoms with E-state index in [1.807, 2.05) is 6.92 Å². The molecule has 6 nitrogen and oxygen atoms in total. The van der Waals surface area contributed by atoms with Crippen molar-refractivity contribution in [1.29, 1.82) is 0 Å². The Bertz CT molecular complexity index is 613. The molecule has 1 aromatic heterocycles. The number of hydrogen-bond donors (Lipinski definition) is 2. The molecule has 3 N–H and O–H groups in total. The molecule has 0 radical (unpaired) electrons. The van der Waals surface area contributed by atoms with E-state index in [2.05, 4.69) is 15.6 Å². The van der Waals surface area contributed by atoms with Crippen LogP contribution in [0.3, 0.4) is 0 Å². The number of amides is 1. The lowest BCUT2D eigenvalue weighted by Crippen LogP contribution is -2.19. The van der Waals surface area contributed by atoms with Gasteiger partial charge < -0.3 is 11.1 Å². The molecule has 1 aromatic carbocycles. The largest absolute Gasteiger partial charge is 0.324 e. The zero-order valence-corrected chi connectivity index (χ0v) is 11.8. The van der Waals surface area contributed by atoms with Crippen molar-refractivity contribution in [3.05, 3.63) is 42.0 Å². The number of anilines is 1. The summed E-state index contributed by atoms with van der Waals surface area (Å²) in [4.78, 5) is 11.8. The van der Waals surface area contributed by atoms with E-state index < -0.39 is 5.82 Å². The summed E-state index contributed by atoms with van der Waals surface area (Å²) in [6.07, 6.45) is 3.42. The Morgan fingerprint density at radius 1 is 1.52 bits per heavy atom. The van der Waals surface area contributed by atoms with E-state index in [4.69, 9.17) is 5.73 Å². The maximum Gasteiger partial charge on any atom is 0.246 e. The van der Waals surface area contributed by atoms with Crippen molar-refractivity contribution in [3.8, 4) is 0 Å². The number of rotatable bonds is 6. The molecule has 1 heterocycles. The molecule has 0 aliphatic rings. The van der Waals surface area contributed by atoms with E-state index in [0.29, 0.717) is 11.4 Å². The molecule has 0 bridgehead atoms. The van der Waals surface area contributed by atoms with Crippen LogP contribution in [0.25, 0.3) is 0 Å². The van der Waals surface area contributed by atoms with E-state index in [1.54, 1.807) is 12.3 Å². The van der Waals surface area contributed by atoms with Crippen LogP contribution in [0.2, 0.25) is 0 Å². The molecule has 21 heavy (non-hydrogen) atoms. The van der Waals surface area contributed by atoms with Gasteiger partial charge in [-0.1, -0.05) is 24.6 Å². The number of carbonyl (C=O) groups excluding carboxylic acids is 1. The summed E-state index contributed by atoms with van der Waals surface area (Å²) in [5.41, 5.74) is 7.00. The first-order valence-corrected chi connectivity index (χ1v) is 6.79. The maximum atomic E-state index is 13.0. The van der Waals surface area contributed by atoms with Gasteiger partial charge in [0.2, 0.25) is 5.91 Å². The van der Waals surface area contributed by atoms with Crippen molar-refractivity contribution in [2.24, 2.45) is 5.73 Å². The lowest BCUT2D eigenvalue weighted by molar-refractivity contribution is -0.116. The van der Waals surface area contributed by atoms with Crippen LogP contribution in [0.4, 0.5) is 10.1 Å². The number of nitrogens with one attached hydrogen (secondary N) is 1. The highest BCUT2D eigenvalue weighted by atomic mass is 19.1. The predicted octanol–water partition coefficient (Wildman–Crippen LogP) is 1.86. The van der Waals surface area contributed by atoms with Crippen LogP contribution < -0.4 is 11.1 Å². The van der Waals surface area contributed by atoms with E-state index in [0.717, 1.165) is 12.8 Å². The van der Waals surface area contributed by atoms with Gasteiger partial charge in [0, 0.05) is 5.69 Å². The molecule has 0 spiro atoms. The van der Waals surface area contributed by atoms with Crippen LogP contribution in [0.5, 0.6) is 0 Å². The zero-order valence-electron chi connectivity index (χ0n) is 11.8. The Labute approximate surface area is 122 Å². The first-order chi connectivity index (χ1) is 10.1. The van der Waals surface area contributed by atoms with Crippen LogP contribution >= 0.6 is 0 Å². The van der Waals surface area contributed by atoms with Crippen LogP contribution in [0.15, 0.2) is 30.5 Å². The average Bonchev–Trinajstić information content (AvgIpc) is 2.87. The lowest BCUT2D eigenvalue weighted by atomic mass is 10.1. The van der Waals surface area contributed by atoms with Crippen molar-refractivity contribution in [2.45, 2.75) is 32.4 Å². The van der Waals surface area contributed by atoms with Crippen LogP contribution in [-0.4, -0.2) is 20.9 Å². The normalized spacial score (nSPS) is 12.1. The van der Waals surface area contributed by atoms with Gasteiger partial charge in [-0.3, -0.25) is 4.79 Å². The number of nitrogens with zero attached hydrogens (tertiary/aromatic N) is 3. The van der Waals surface area contributed by atoms with Crippen LogP contribution in [0, 0.1) is 5.82 Å². The third-order valence-corrected chi connectivity index (χ3v) is 2.95. The number of carbonyl (C=O) groups is 1. The number of halogens is 1. The van der Waals surface area contributed by atoms with E-state index in [1.165, 1.54) is 22.9 Å². The number of hydrogen-bond acceptors (Lipinski definition) is 4. The molecule has 7 heteroatoms. The summed E-state index contributed by atoms with van der Waals surface area (Å²) in [7, 11) is 0. The van der Waals surface area contributed by atoms with Crippen molar-refractivity contribution in [1.82, 2.24) is 15.0 Å². The Balaban J connectivity index is 1.94. The van der Waals surface area contributed by atoms with E-state index in [-0.39, 0.29) is 18.5 Å². The second-order valence-electron chi connectivity index (χ2n) is 4.79. The summed E-state index contributed by atoms with van der Waals surface area (Å²) < 4.78 is 14.4. The smallest absolute Gasteiger partial charge is 0.246 e. The molecule has 1 amide bonds. The minimum Gasteiger partial charge on any atom is -0.324 e. The van der Waals surface area contributed by atoms with Gasteiger partial charge in [-0.25, -0.2) is 9.07 Å². The maximum absolute atomic E-state index is 13.0. The fraction of sp³-hybridized carbons (Fsp3) is 0.357. The van der Waals surface area contributed by atoms with Gasteiger partial charge in [-0.05, 0) is 24.6 Å². The van der Waals surface area contributed by atoms with E-state index in [9.17, 15) is 9.18 Å². The minimum atomic E-state index is -0.401. The molecular formula is C14H18FN5O. The Hall–Kier alpha value is -2.28. The molecule has 112 valence electrons. The highest BCUT2D eigenvalue weighted by Gasteiger charge is 2.11. The Morgan fingerprint density at radius 2 is 2.33 bits per heavy atom. The third kappa shape index (κ3) is 4.35. The molecule has 1 unspecified atom stereocenters. The molecule has 2 aromatic rings. The minimum absolute atomic E-state index is 0.00234. The average molecular weight is 291 g/mol. The Kier molecular flexibility index (Phi) is 4.99. The quantitative estimate of drug-likeness (QED) is 0.850. The summed E-state index contributed by atoms with van der Waals surface area (Å²) >= 11 is 0. The number of benzene rings is 1. The molecule has 0 aliphatic carbocycles. The van der Waals surface area contributed by atoms with Gasteiger partial charge in [0.15, 0.2) is 0 Å². The molecule has 0 fully saturated rings. The van der Waals surface area contributed by atoms with Crippen molar-refractivity contribution in [2.75, 3.05) is 5.32 Å². The molecule has 2 rings (SSSR count). The first-order valence-electron chi connectivity index (χ1n) is 6.79. The van der Waals surface area contributed by atoms with Gasteiger partial charge in [-0.15, -0.1) is 5.10 Å². The Morgan fingerprint density at radius 3 is 3.05 bits per heavy atom. The monoisotopic (exact) mass is 291 g/mol. The van der Waals surface area contributed by atoms with Crippen molar-refractivity contribution in [3.63, 3.8) is 0 Å². The molecule has 0 saturated carbocycles. The highest BCUT2D eigenvalue weighted by Crippen LogP contribution is 2.12. The van der Waals surface area contributed by atoms with E-state index >= 15 is 0 Å². The standard InChI is InChI=1S/C14H18FN5O/c1-2-4-12(16)13-8-20(19-18-13)9-14(21)17-11-6-3-5-10(15)7-11/h3,5-8,12H,2,4,9,16H2,1H3,(H,17,21). The van der Waals surface area contributed by atoms with Gasteiger partial charge in [0.25, 0.3) is 0 Å². The lowest BCUT2D eigenvalue weighted by Gasteiger charge is -2.05. The third-order valence-electron chi connectivity index (χ3n) is 2.95. The fourth-order valence-corrected chi connectivity index (χ4v) is 1.93. The number of aromatic nitrogens is 3. The summed E-state index contributed by atoms with van der Waals surface area (Å²) in [6.45, 7) is 2.04. The molecule has 0 saturated heterocycles. The SMILES string of the molecule is CCCC(N)c1cn(CC(=O)Nc2cccc(F)c2)nn1. The van der Waals surface area contributed by atoms with Gasteiger partial charge in [-0.2, -0.15) is 0 Å². The molecular weight excluding hydrogens is 273 g/mol. The second-order valence-corrected chi connectivity index (χ2v) is 4.79. The van der Waals surface area contributed by atoms with Gasteiger partial charge in [0.1, 0.15) is 12.4 Å². The fourth-order valence-electron chi connectivity index (χ4n) is 1.93. The highest BCUT2D eigenvalue weighted by molar-refractivity contribution is 5.90. The summed E-state index contributed by atoms with van der Waals surface area (Å²) in [5.74, 6) is -0.706. The molecule has 1 atom stereocenters. The van der Waals surface area contributed by atoms with Crippen LogP contribution in [-0.2, 0) is 11.3 Å². The predicted molar refractivity (Wildman–Crippen MR) is 76.9 cm³/mol. The molecule has 0 aliphatic heterocycles. The topological polar surface area (TPSA) is 85.8 Å². The van der Waals surface area contributed by atoms with Gasteiger partial charge >= 0.3 is 0 Å². The summed E-state index contributed by atoms with van der Waals surface area (Å²) in [5, 5.41) is 10.4. The van der Waals surface area contributed by atoms with Crippen molar-refractivity contribution < 1.29 is 9.18 Å². The summed E-state index contributed by atoms with van der Waals surface area (Å²) in [6, 6.07) is 5.54. The number of nitrogens with two attached hydrogens (primary N) is 1. The van der Waals surface area contributed by atoms with Crippen LogP contribution in [0.1, 0.15) is 31.5 Å². The van der Waals surface area contributed by atoms with Crippen molar-refractivity contribution >= 4 is 11.6 Å². The zero-order chi connectivity index (χ0) is 15.2. The van der Waals surface area contributed by atoms with Gasteiger partial charge in [0.05, 0.1) is 17.9 Å². The second kappa shape index (κ2) is 6.94.